The Labute approximate surface area is 114 Å². The van der Waals surface area contributed by atoms with Gasteiger partial charge in [-0.05, 0) is 13.8 Å². The third-order valence-electron chi connectivity index (χ3n) is 4.09. The largest absolute Gasteiger partial charge is 0.387 e. The summed E-state index contributed by atoms with van der Waals surface area (Å²) in [4.78, 5) is 35.5. The summed E-state index contributed by atoms with van der Waals surface area (Å²) < 4.78 is 10.3. The van der Waals surface area contributed by atoms with Gasteiger partial charge in [0.05, 0.1) is 6.61 Å². The molecule has 0 saturated carbocycles. The zero-order valence-electron chi connectivity index (χ0n) is 11.2. The van der Waals surface area contributed by atoms with E-state index in [1.54, 1.807) is 0 Å². The highest BCUT2D eigenvalue weighted by atomic mass is 16.8. The second-order valence-corrected chi connectivity index (χ2v) is 5.17. The van der Waals surface area contributed by atoms with Gasteiger partial charge in [-0.1, -0.05) is 0 Å². The number of ether oxygens (including phenoxy) is 2. The molecule has 0 aromatic carbocycles. The van der Waals surface area contributed by atoms with Crippen molar-refractivity contribution >= 4 is 17.3 Å². The molecule has 0 radical (unpaired) electrons. The fourth-order valence-corrected chi connectivity index (χ4v) is 2.96. The fraction of sp³-hybridized carbons (Fsp3) is 0.750. The SMILES string of the molecule is CC(=O)C12OC[C@@H](O1)[C@@H](O)[C@@](O)(C(C)=O)[C@]2(O)C(C)=O. The van der Waals surface area contributed by atoms with Crippen molar-refractivity contribution in [2.45, 2.75) is 50.0 Å². The first kappa shape index (κ1) is 15.2. The van der Waals surface area contributed by atoms with Crippen molar-refractivity contribution in [3.63, 3.8) is 0 Å². The molecular formula is C12H16O8. The van der Waals surface area contributed by atoms with Crippen LogP contribution in [0.15, 0.2) is 0 Å². The highest BCUT2D eigenvalue weighted by Crippen LogP contribution is 2.50. The van der Waals surface area contributed by atoms with E-state index >= 15 is 0 Å². The summed E-state index contributed by atoms with van der Waals surface area (Å²) in [5.41, 5.74) is -5.91. The molecule has 2 rings (SSSR count). The van der Waals surface area contributed by atoms with Crippen LogP contribution in [0.3, 0.4) is 0 Å². The number of aliphatic hydroxyl groups excluding tert-OH is 1. The Morgan fingerprint density at radius 2 is 1.60 bits per heavy atom. The van der Waals surface area contributed by atoms with Gasteiger partial charge in [-0.15, -0.1) is 0 Å². The van der Waals surface area contributed by atoms with Crippen LogP contribution in [0.4, 0.5) is 0 Å². The summed E-state index contributed by atoms with van der Waals surface area (Å²) in [7, 11) is 0. The molecule has 0 aromatic rings. The van der Waals surface area contributed by atoms with E-state index < -0.39 is 46.5 Å². The predicted molar refractivity (Wildman–Crippen MR) is 61.5 cm³/mol. The molecule has 2 fully saturated rings. The van der Waals surface area contributed by atoms with Crippen molar-refractivity contribution in [2.24, 2.45) is 0 Å². The van der Waals surface area contributed by atoms with E-state index in [-0.39, 0.29) is 6.61 Å². The Balaban J connectivity index is 2.78. The molecule has 2 aliphatic heterocycles. The van der Waals surface area contributed by atoms with Crippen LogP contribution >= 0.6 is 0 Å². The van der Waals surface area contributed by atoms with Gasteiger partial charge in [-0.3, -0.25) is 14.4 Å². The van der Waals surface area contributed by atoms with Crippen molar-refractivity contribution in [1.82, 2.24) is 0 Å². The number of rotatable bonds is 3. The van der Waals surface area contributed by atoms with E-state index in [4.69, 9.17) is 9.47 Å². The Morgan fingerprint density at radius 3 is 2.00 bits per heavy atom. The Kier molecular flexibility index (Phi) is 3.16. The number of carbonyl (C=O) groups excluding carboxylic acids is 3. The minimum absolute atomic E-state index is 0.341. The van der Waals surface area contributed by atoms with Gasteiger partial charge in [-0.25, -0.2) is 0 Å². The second-order valence-electron chi connectivity index (χ2n) is 5.17. The first-order chi connectivity index (χ1) is 9.05. The highest BCUT2D eigenvalue weighted by Gasteiger charge is 2.81. The Hall–Kier alpha value is -1.19. The van der Waals surface area contributed by atoms with Crippen LogP contribution in [-0.2, 0) is 23.9 Å². The van der Waals surface area contributed by atoms with Crippen LogP contribution in [0.25, 0.3) is 0 Å². The summed E-state index contributed by atoms with van der Waals surface area (Å²) in [6.45, 7) is 2.42. The molecule has 20 heavy (non-hydrogen) atoms. The zero-order valence-corrected chi connectivity index (χ0v) is 11.2. The summed E-state index contributed by atoms with van der Waals surface area (Å²) >= 11 is 0. The number of fused-ring (bicyclic) bond motifs is 2. The van der Waals surface area contributed by atoms with Crippen LogP contribution in [0.1, 0.15) is 20.8 Å². The normalized spacial score (nSPS) is 47.1. The zero-order chi connectivity index (χ0) is 15.5. The quantitative estimate of drug-likeness (QED) is 0.528. The number of hydrogen-bond acceptors (Lipinski definition) is 8. The van der Waals surface area contributed by atoms with E-state index in [1.165, 1.54) is 0 Å². The summed E-state index contributed by atoms with van der Waals surface area (Å²) in [5, 5.41) is 31.2. The predicted octanol–water partition coefficient (Wildman–Crippen LogP) is -2.30. The Bertz CT molecular complexity index is 502. The van der Waals surface area contributed by atoms with E-state index in [9.17, 15) is 29.7 Å². The van der Waals surface area contributed by atoms with E-state index in [2.05, 4.69) is 0 Å². The van der Waals surface area contributed by atoms with Crippen LogP contribution < -0.4 is 0 Å². The number of ketones is 3. The number of hydrogen-bond donors (Lipinski definition) is 3. The summed E-state index contributed by atoms with van der Waals surface area (Å²) in [6.07, 6.45) is -3.10. The van der Waals surface area contributed by atoms with Gasteiger partial charge in [0.25, 0.3) is 5.79 Å². The first-order valence-electron chi connectivity index (χ1n) is 6.03. The van der Waals surface area contributed by atoms with Gasteiger partial charge >= 0.3 is 0 Å². The first-order valence-corrected chi connectivity index (χ1v) is 6.03. The van der Waals surface area contributed by atoms with Gasteiger partial charge in [0.15, 0.2) is 23.0 Å². The maximum absolute atomic E-state index is 11.9. The lowest BCUT2D eigenvalue weighted by Gasteiger charge is -2.52. The van der Waals surface area contributed by atoms with E-state index in [0.29, 0.717) is 0 Å². The molecule has 1 unspecified atom stereocenters. The van der Waals surface area contributed by atoms with Gasteiger partial charge < -0.3 is 24.8 Å². The third-order valence-corrected chi connectivity index (χ3v) is 4.09. The molecular weight excluding hydrogens is 272 g/mol. The molecule has 8 heteroatoms. The second kappa shape index (κ2) is 4.15. The summed E-state index contributed by atoms with van der Waals surface area (Å²) in [5.74, 6) is -5.57. The van der Waals surface area contributed by atoms with E-state index in [1.807, 2.05) is 0 Å². The lowest BCUT2D eigenvalue weighted by molar-refractivity contribution is -0.333. The van der Waals surface area contributed by atoms with Crippen molar-refractivity contribution in [2.75, 3.05) is 6.61 Å². The Morgan fingerprint density at radius 1 is 1.05 bits per heavy atom. The highest BCUT2D eigenvalue weighted by molar-refractivity contribution is 6.04. The molecule has 112 valence electrons. The minimum atomic E-state index is -3.02. The van der Waals surface area contributed by atoms with Crippen LogP contribution in [0.5, 0.6) is 0 Å². The molecule has 0 spiro atoms. The molecule has 0 amide bonds. The van der Waals surface area contributed by atoms with Crippen LogP contribution in [0, 0.1) is 0 Å². The molecule has 2 aliphatic rings. The standard InChI is InChI=1S/C12H16O8/c1-5(13)10(17)9(16)8-4-19-12(20-8,7(3)15)11(10,18)6(2)14/h8-9,16-18H,4H2,1-3H3/t8-,9-,10+,11-,12?/m1/s1. The fourth-order valence-electron chi connectivity index (χ4n) is 2.96. The van der Waals surface area contributed by atoms with Crippen molar-refractivity contribution in [3.05, 3.63) is 0 Å². The number of carbonyl (C=O) groups is 3. The van der Waals surface area contributed by atoms with Gasteiger partial charge in [0, 0.05) is 6.92 Å². The lowest BCUT2D eigenvalue weighted by Crippen LogP contribution is -2.83. The molecule has 5 atom stereocenters. The topological polar surface area (TPSA) is 130 Å². The van der Waals surface area contributed by atoms with E-state index in [0.717, 1.165) is 20.8 Å². The molecule has 0 aliphatic carbocycles. The smallest absolute Gasteiger partial charge is 0.270 e. The maximum Gasteiger partial charge on any atom is 0.270 e. The van der Waals surface area contributed by atoms with Gasteiger partial charge in [0.2, 0.25) is 5.60 Å². The molecule has 2 saturated heterocycles. The minimum Gasteiger partial charge on any atom is -0.387 e. The van der Waals surface area contributed by atoms with Gasteiger partial charge in [0.1, 0.15) is 12.2 Å². The van der Waals surface area contributed by atoms with Crippen molar-refractivity contribution in [3.8, 4) is 0 Å². The van der Waals surface area contributed by atoms with Gasteiger partial charge in [-0.2, -0.15) is 0 Å². The monoisotopic (exact) mass is 288 g/mol. The molecule has 0 aromatic heterocycles. The number of Topliss-reactive ketones (excluding diaryl/α,β-unsaturated/α-hetero) is 3. The van der Waals surface area contributed by atoms with Crippen molar-refractivity contribution in [1.29, 1.82) is 0 Å². The molecule has 3 N–H and O–H groups in total. The average Bonchev–Trinajstić information content (AvgIpc) is 2.78. The van der Waals surface area contributed by atoms with Crippen molar-refractivity contribution < 1.29 is 39.2 Å². The molecule has 2 heterocycles. The average molecular weight is 288 g/mol. The third kappa shape index (κ3) is 1.35. The lowest BCUT2D eigenvalue weighted by atomic mass is 9.65. The van der Waals surface area contributed by atoms with Crippen LogP contribution in [-0.4, -0.2) is 68.5 Å². The molecule has 2 bridgehead atoms. The number of aliphatic hydroxyl groups is 3. The maximum atomic E-state index is 11.9. The summed E-state index contributed by atoms with van der Waals surface area (Å²) in [6, 6.07) is 0. The molecule has 8 nitrogen and oxygen atoms in total. The van der Waals surface area contributed by atoms with Crippen LogP contribution in [0.2, 0.25) is 0 Å².